The first-order chi connectivity index (χ1) is 19.8. The molecule has 240 valence electrons. The van der Waals surface area contributed by atoms with E-state index in [9.17, 15) is 4.79 Å². The highest BCUT2D eigenvalue weighted by Crippen LogP contribution is 2.14. The second-order valence-corrected chi connectivity index (χ2v) is 11.3. The van der Waals surface area contributed by atoms with Crippen LogP contribution in [0, 0.1) is 0 Å². The van der Waals surface area contributed by atoms with E-state index >= 15 is 0 Å². The summed E-state index contributed by atoms with van der Waals surface area (Å²) >= 11 is 0. The van der Waals surface area contributed by atoms with Crippen molar-refractivity contribution >= 4 is 5.97 Å². The molecule has 3 heteroatoms. The predicted molar refractivity (Wildman–Crippen MR) is 178 cm³/mol. The fourth-order valence-corrected chi connectivity index (χ4v) is 4.99. The Hall–Kier alpha value is -0.830. The molecule has 0 radical (unpaired) electrons. The van der Waals surface area contributed by atoms with Gasteiger partial charge in [0.15, 0.2) is 0 Å². The van der Waals surface area contributed by atoms with E-state index in [0.29, 0.717) is 13.0 Å². The molecule has 0 amide bonds. The summed E-state index contributed by atoms with van der Waals surface area (Å²) in [4.78, 5) is 11.4. The summed E-state index contributed by atoms with van der Waals surface area (Å²) < 4.78 is 10.6. The average molecular weight is 567 g/mol. The topological polar surface area (TPSA) is 35.5 Å². The van der Waals surface area contributed by atoms with Gasteiger partial charge in [-0.2, -0.15) is 0 Å². The van der Waals surface area contributed by atoms with Crippen molar-refractivity contribution in [1.82, 2.24) is 0 Å². The Kier molecular flexibility index (Phi) is 41.6. The van der Waals surface area contributed by atoms with Crippen LogP contribution >= 0.6 is 0 Å². The maximum atomic E-state index is 11.4. The fourth-order valence-electron chi connectivity index (χ4n) is 4.99. The molecule has 0 saturated heterocycles. The van der Waals surface area contributed by atoms with Gasteiger partial charge in [-0.15, -0.1) is 0 Å². The zero-order chi connectivity index (χ0) is 29.6. The molecule has 0 atom stereocenters. The second-order valence-electron chi connectivity index (χ2n) is 11.3. The lowest BCUT2D eigenvalue weighted by Gasteiger charge is -2.04. The monoisotopic (exact) mass is 567 g/mol. The van der Waals surface area contributed by atoms with E-state index in [-0.39, 0.29) is 5.97 Å². The molecule has 1 aliphatic rings. The van der Waals surface area contributed by atoms with Crippen molar-refractivity contribution in [2.45, 2.75) is 201 Å². The maximum Gasteiger partial charge on any atom is 0.305 e. The van der Waals surface area contributed by atoms with E-state index in [4.69, 9.17) is 9.47 Å². The second kappa shape index (κ2) is 40.3. The smallest absolute Gasteiger partial charge is 0.305 e. The predicted octanol–water partition coefficient (Wildman–Crippen LogP) is 12.7. The highest BCUT2D eigenvalue weighted by atomic mass is 16.5. The molecule has 0 unspecified atom stereocenters. The number of cyclic esters (lactones) is 1. The molecule has 0 aromatic heterocycles. The summed E-state index contributed by atoms with van der Waals surface area (Å²) in [5.74, 6) is -0.000729. The lowest BCUT2D eigenvalue weighted by atomic mass is 10.0. The lowest BCUT2D eigenvalue weighted by molar-refractivity contribution is -0.143. The molecule has 0 spiro atoms. The number of allylic oxidation sites excluding steroid dienone is 2. The van der Waals surface area contributed by atoms with Gasteiger partial charge in [-0.3, -0.25) is 4.79 Å². The van der Waals surface area contributed by atoms with Gasteiger partial charge in [-0.05, 0) is 58.3 Å². The van der Waals surface area contributed by atoms with Gasteiger partial charge in [0.25, 0.3) is 0 Å². The average Bonchev–Trinajstić information content (AvgIpc) is 2.98. The van der Waals surface area contributed by atoms with Crippen LogP contribution in [0.2, 0.25) is 0 Å². The van der Waals surface area contributed by atoms with E-state index in [2.05, 4.69) is 26.0 Å². The maximum absolute atomic E-state index is 11.4. The summed E-state index contributed by atoms with van der Waals surface area (Å²) in [6.07, 6.45) is 39.9. The molecular formula is C37H74O3. The van der Waals surface area contributed by atoms with Crippen molar-refractivity contribution < 1.29 is 14.3 Å². The van der Waals surface area contributed by atoms with Crippen molar-refractivity contribution in [2.75, 3.05) is 19.8 Å². The third kappa shape index (κ3) is 39.3. The summed E-state index contributed by atoms with van der Waals surface area (Å²) in [5.41, 5.74) is 0. The molecule has 0 saturated carbocycles. The van der Waals surface area contributed by atoms with Crippen molar-refractivity contribution in [1.29, 1.82) is 0 Å². The molecule has 0 fully saturated rings. The van der Waals surface area contributed by atoms with Gasteiger partial charge in [-0.1, -0.05) is 148 Å². The first-order valence-corrected chi connectivity index (χ1v) is 18.2. The number of carbonyl (C=O) groups excluding carboxylic acids is 1. The van der Waals surface area contributed by atoms with E-state index in [1.165, 1.54) is 148 Å². The Labute approximate surface area is 253 Å². The highest BCUT2D eigenvalue weighted by Gasteiger charge is 2.02. The van der Waals surface area contributed by atoms with Crippen LogP contribution in [0.15, 0.2) is 12.2 Å². The number of esters is 1. The number of unbranched alkanes of at least 4 members (excludes halogenated alkanes) is 14. The van der Waals surface area contributed by atoms with E-state index in [1.54, 1.807) is 0 Å². The van der Waals surface area contributed by atoms with E-state index in [0.717, 1.165) is 32.5 Å². The van der Waals surface area contributed by atoms with Crippen molar-refractivity contribution in [3.05, 3.63) is 12.2 Å². The molecular weight excluding hydrogens is 492 g/mol. The van der Waals surface area contributed by atoms with Crippen LogP contribution in [-0.2, 0) is 14.3 Å². The molecule has 0 aliphatic carbocycles. The lowest BCUT2D eigenvalue weighted by Crippen LogP contribution is -2.05. The Bertz CT molecular complexity index is 456. The standard InChI is InChI=1S/C19H40O.C16H28O2.C2H6/c1-3-5-6-7-8-9-10-11-12-13-14-15-16-17-18-19-20-4-2;17-16-14-12-10-8-6-4-2-1-3-5-7-9-11-13-15-18-16;1-2/h3-19H2,1-2H3;3,5H,1-2,4,6-15H2;1-2H3/b;5-3+;. The highest BCUT2D eigenvalue weighted by molar-refractivity contribution is 5.69. The first-order valence-electron chi connectivity index (χ1n) is 18.2. The minimum atomic E-state index is -0.000729. The zero-order valence-corrected chi connectivity index (χ0v) is 28.1. The molecule has 1 aliphatic heterocycles. The van der Waals surface area contributed by atoms with Crippen molar-refractivity contribution in [3.8, 4) is 0 Å². The largest absolute Gasteiger partial charge is 0.466 e. The van der Waals surface area contributed by atoms with Crippen LogP contribution in [-0.4, -0.2) is 25.8 Å². The molecule has 1 heterocycles. The Morgan fingerprint density at radius 2 is 1.00 bits per heavy atom. The summed E-state index contributed by atoms with van der Waals surface area (Å²) in [7, 11) is 0. The Morgan fingerprint density at radius 3 is 1.50 bits per heavy atom. The van der Waals surface area contributed by atoms with E-state index in [1.807, 2.05) is 13.8 Å². The zero-order valence-electron chi connectivity index (χ0n) is 28.1. The molecule has 0 bridgehead atoms. The summed E-state index contributed by atoms with van der Waals surface area (Å²) in [6, 6.07) is 0. The number of hydrogen-bond donors (Lipinski definition) is 0. The van der Waals surface area contributed by atoms with Crippen molar-refractivity contribution in [3.63, 3.8) is 0 Å². The fraction of sp³-hybridized carbons (Fsp3) is 0.919. The molecule has 40 heavy (non-hydrogen) atoms. The van der Waals surface area contributed by atoms with E-state index < -0.39 is 0 Å². The van der Waals surface area contributed by atoms with Crippen LogP contribution in [0.3, 0.4) is 0 Å². The van der Waals surface area contributed by atoms with Gasteiger partial charge in [0, 0.05) is 19.6 Å². The van der Waals surface area contributed by atoms with Gasteiger partial charge in [0.1, 0.15) is 0 Å². The normalized spacial score (nSPS) is 16.4. The number of ether oxygens (including phenoxy) is 2. The SMILES string of the molecule is CC.CCCCCCCCCCCCCCCCCOCC.O=C1CCCCCCCC/C=C/CCCCCO1. The summed E-state index contributed by atoms with van der Waals surface area (Å²) in [5, 5.41) is 0. The molecule has 0 aromatic carbocycles. The number of rotatable bonds is 17. The van der Waals surface area contributed by atoms with Gasteiger partial charge in [-0.25, -0.2) is 0 Å². The molecule has 0 N–H and O–H groups in total. The minimum Gasteiger partial charge on any atom is -0.466 e. The van der Waals surface area contributed by atoms with Crippen LogP contribution in [0.4, 0.5) is 0 Å². The first kappa shape index (κ1) is 41.3. The number of carbonyl (C=O) groups is 1. The number of hydrogen-bond acceptors (Lipinski definition) is 3. The van der Waals surface area contributed by atoms with Crippen LogP contribution in [0.1, 0.15) is 201 Å². The minimum absolute atomic E-state index is 0.000729. The third-order valence-electron chi connectivity index (χ3n) is 7.54. The third-order valence-corrected chi connectivity index (χ3v) is 7.54. The van der Waals surface area contributed by atoms with Crippen LogP contribution in [0.25, 0.3) is 0 Å². The Morgan fingerprint density at radius 1 is 0.575 bits per heavy atom. The van der Waals surface area contributed by atoms with Crippen molar-refractivity contribution in [2.24, 2.45) is 0 Å². The molecule has 3 nitrogen and oxygen atoms in total. The van der Waals surface area contributed by atoms with Crippen LogP contribution in [0.5, 0.6) is 0 Å². The van der Waals surface area contributed by atoms with Gasteiger partial charge in [0.2, 0.25) is 0 Å². The molecule has 0 aromatic rings. The van der Waals surface area contributed by atoms with Gasteiger partial charge < -0.3 is 9.47 Å². The quantitative estimate of drug-likeness (QED) is 0.0997. The Balaban J connectivity index is 0. The van der Waals surface area contributed by atoms with Gasteiger partial charge >= 0.3 is 5.97 Å². The molecule has 1 rings (SSSR count). The van der Waals surface area contributed by atoms with Gasteiger partial charge in [0.05, 0.1) is 6.61 Å². The van der Waals surface area contributed by atoms with Crippen LogP contribution < -0.4 is 0 Å². The summed E-state index contributed by atoms with van der Waals surface area (Å²) in [6.45, 7) is 10.8.